The first-order valence-electron chi connectivity index (χ1n) is 9.19. The molecule has 0 radical (unpaired) electrons. The van der Waals surface area contributed by atoms with Gasteiger partial charge in [0.1, 0.15) is 11.4 Å². The molecular formula is C20H26N4O4. The number of nitrogens with one attached hydrogen (secondary N) is 2. The number of rotatable bonds is 3. The van der Waals surface area contributed by atoms with Crippen LogP contribution in [0.4, 0.5) is 10.5 Å². The van der Waals surface area contributed by atoms with E-state index in [2.05, 4.69) is 15.5 Å². The molecule has 0 fully saturated rings. The normalized spacial score (nSPS) is 16.3. The van der Waals surface area contributed by atoms with Crippen molar-refractivity contribution in [1.82, 2.24) is 15.5 Å². The summed E-state index contributed by atoms with van der Waals surface area (Å²) in [7, 11) is 1.58. The van der Waals surface area contributed by atoms with Crippen molar-refractivity contribution in [1.29, 1.82) is 0 Å². The van der Waals surface area contributed by atoms with E-state index < -0.39 is 11.7 Å². The van der Waals surface area contributed by atoms with Gasteiger partial charge in [-0.2, -0.15) is 5.10 Å². The van der Waals surface area contributed by atoms with Gasteiger partial charge in [0.25, 0.3) is 5.91 Å². The minimum absolute atomic E-state index is 0.188. The van der Waals surface area contributed by atoms with E-state index in [1.807, 2.05) is 39.8 Å². The Bertz CT molecular complexity index is 885. The molecule has 8 heteroatoms. The van der Waals surface area contributed by atoms with Crippen LogP contribution in [-0.4, -0.2) is 41.5 Å². The molecule has 3 rings (SSSR count). The number of carbonyl (C=O) groups is 2. The lowest BCUT2D eigenvalue weighted by Crippen LogP contribution is -2.42. The molecule has 2 heterocycles. The maximum atomic E-state index is 12.9. The van der Waals surface area contributed by atoms with Crippen LogP contribution in [0.1, 0.15) is 55.0 Å². The maximum absolute atomic E-state index is 12.9. The van der Waals surface area contributed by atoms with Gasteiger partial charge in [-0.1, -0.05) is 0 Å². The van der Waals surface area contributed by atoms with E-state index in [0.29, 0.717) is 24.4 Å². The zero-order valence-electron chi connectivity index (χ0n) is 16.8. The number of ether oxygens (including phenoxy) is 2. The lowest BCUT2D eigenvalue weighted by molar-refractivity contribution is 0.0500. The number of nitrogens with zero attached hydrogens (tertiary/aromatic N) is 2. The van der Waals surface area contributed by atoms with Gasteiger partial charge in [0.15, 0.2) is 5.69 Å². The van der Waals surface area contributed by atoms with E-state index >= 15 is 0 Å². The number of aromatic amines is 1. The molecule has 8 nitrogen and oxygen atoms in total. The molecule has 0 spiro atoms. The first-order valence-corrected chi connectivity index (χ1v) is 9.19. The second-order valence-corrected chi connectivity index (χ2v) is 7.81. The molecule has 28 heavy (non-hydrogen) atoms. The van der Waals surface area contributed by atoms with Crippen molar-refractivity contribution < 1.29 is 19.1 Å². The third kappa shape index (κ3) is 4.27. The minimum atomic E-state index is -0.588. The van der Waals surface area contributed by atoms with Gasteiger partial charge in [-0.3, -0.25) is 9.89 Å². The van der Waals surface area contributed by atoms with Gasteiger partial charge in [0, 0.05) is 23.5 Å². The number of anilines is 1. The van der Waals surface area contributed by atoms with Crippen molar-refractivity contribution in [2.45, 2.75) is 45.8 Å². The molecule has 0 aliphatic carbocycles. The van der Waals surface area contributed by atoms with E-state index in [4.69, 9.17) is 9.47 Å². The standard InChI is InChI=1S/C20H26N4O4/c1-12-10-16(23-22-12)18(25)24-9-8-15(21-19(26)28-20(2,3)4)14-11-13(27-5)6-7-17(14)24/h6-7,10-11,15H,8-9H2,1-5H3,(H,21,26)(H,22,23)/t15-/m0/s1. The van der Waals surface area contributed by atoms with Crippen LogP contribution in [-0.2, 0) is 4.74 Å². The second kappa shape index (κ2) is 7.53. The fourth-order valence-electron chi connectivity index (χ4n) is 3.20. The first kappa shape index (κ1) is 19.7. The average Bonchev–Trinajstić information content (AvgIpc) is 3.06. The van der Waals surface area contributed by atoms with Crippen LogP contribution >= 0.6 is 0 Å². The number of carbonyl (C=O) groups excluding carboxylic acids is 2. The summed E-state index contributed by atoms with van der Waals surface area (Å²) in [5.74, 6) is 0.464. The van der Waals surface area contributed by atoms with Crippen molar-refractivity contribution in [2.75, 3.05) is 18.6 Å². The van der Waals surface area contributed by atoms with Crippen molar-refractivity contribution in [3.8, 4) is 5.75 Å². The fourth-order valence-corrected chi connectivity index (χ4v) is 3.20. The molecule has 1 atom stereocenters. The Morgan fingerprint density at radius 1 is 1.29 bits per heavy atom. The molecule has 1 aliphatic heterocycles. The summed E-state index contributed by atoms with van der Waals surface area (Å²) < 4.78 is 10.7. The summed E-state index contributed by atoms with van der Waals surface area (Å²) in [5, 5.41) is 9.78. The SMILES string of the molecule is COc1ccc2c(c1)[C@@H](NC(=O)OC(C)(C)C)CCN2C(=O)c1cc(C)[nH]n1. The highest BCUT2D eigenvalue weighted by molar-refractivity contribution is 6.05. The number of H-pyrrole nitrogens is 1. The maximum Gasteiger partial charge on any atom is 0.408 e. The molecule has 2 amide bonds. The summed E-state index contributed by atoms with van der Waals surface area (Å²) in [5.41, 5.74) is 2.11. The van der Waals surface area contributed by atoms with Gasteiger partial charge in [-0.15, -0.1) is 0 Å². The number of benzene rings is 1. The van der Waals surface area contributed by atoms with Crippen molar-refractivity contribution >= 4 is 17.7 Å². The van der Waals surface area contributed by atoms with Gasteiger partial charge < -0.3 is 19.7 Å². The number of amides is 2. The molecule has 0 saturated carbocycles. The first-order chi connectivity index (χ1) is 13.2. The van der Waals surface area contributed by atoms with Crippen LogP contribution in [0.5, 0.6) is 5.75 Å². The highest BCUT2D eigenvalue weighted by Crippen LogP contribution is 2.37. The molecule has 1 aromatic carbocycles. The molecule has 2 N–H and O–H groups in total. The third-order valence-electron chi connectivity index (χ3n) is 4.40. The second-order valence-electron chi connectivity index (χ2n) is 7.81. The number of hydrogen-bond acceptors (Lipinski definition) is 5. The summed E-state index contributed by atoms with van der Waals surface area (Å²) in [6.07, 6.45) is 0.0585. The molecule has 150 valence electrons. The number of alkyl carbamates (subject to hydrolysis) is 1. The Morgan fingerprint density at radius 2 is 2.04 bits per heavy atom. The number of hydrogen-bond donors (Lipinski definition) is 2. The zero-order valence-corrected chi connectivity index (χ0v) is 16.8. The van der Waals surface area contributed by atoms with Crippen molar-refractivity contribution in [3.05, 3.63) is 41.2 Å². The highest BCUT2D eigenvalue weighted by Gasteiger charge is 2.32. The van der Waals surface area contributed by atoms with Gasteiger partial charge in [0.2, 0.25) is 0 Å². The van der Waals surface area contributed by atoms with E-state index in [0.717, 1.165) is 16.9 Å². The third-order valence-corrected chi connectivity index (χ3v) is 4.40. The predicted molar refractivity (Wildman–Crippen MR) is 105 cm³/mol. The Labute approximate surface area is 164 Å². The molecule has 0 unspecified atom stereocenters. The minimum Gasteiger partial charge on any atom is -0.497 e. The lowest BCUT2D eigenvalue weighted by Gasteiger charge is -2.35. The van der Waals surface area contributed by atoms with Gasteiger partial charge in [0.05, 0.1) is 13.2 Å². The summed E-state index contributed by atoms with van der Waals surface area (Å²) in [4.78, 5) is 26.9. The topological polar surface area (TPSA) is 96.5 Å². The Morgan fingerprint density at radius 3 is 2.64 bits per heavy atom. The van der Waals surface area contributed by atoms with Gasteiger partial charge in [-0.25, -0.2) is 4.79 Å². The van der Waals surface area contributed by atoms with E-state index in [1.165, 1.54) is 0 Å². The fraction of sp³-hybridized carbons (Fsp3) is 0.450. The predicted octanol–water partition coefficient (Wildman–Crippen LogP) is 3.34. The number of aromatic nitrogens is 2. The Hall–Kier alpha value is -3.03. The largest absolute Gasteiger partial charge is 0.497 e. The average molecular weight is 386 g/mol. The lowest BCUT2D eigenvalue weighted by atomic mass is 9.95. The molecular weight excluding hydrogens is 360 g/mol. The van der Waals surface area contributed by atoms with Gasteiger partial charge in [-0.05, 0) is 58.4 Å². The summed E-state index contributed by atoms with van der Waals surface area (Å²) in [6.45, 7) is 7.74. The number of aryl methyl sites for hydroxylation is 1. The van der Waals surface area contributed by atoms with Crippen LogP contribution < -0.4 is 15.0 Å². The van der Waals surface area contributed by atoms with Gasteiger partial charge >= 0.3 is 6.09 Å². The quantitative estimate of drug-likeness (QED) is 0.843. The summed E-state index contributed by atoms with van der Waals surface area (Å²) in [6, 6.07) is 6.90. The van der Waals surface area contributed by atoms with Crippen LogP contribution in [0, 0.1) is 6.92 Å². The smallest absolute Gasteiger partial charge is 0.408 e. The zero-order chi connectivity index (χ0) is 20.5. The molecule has 2 aromatic rings. The monoisotopic (exact) mass is 386 g/mol. The molecule has 1 aromatic heterocycles. The van der Waals surface area contributed by atoms with Crippen LogP contribution in [0.15, 0.2) is 24.3 Å². The molecule has 0 saturated heterocycles. The van der Waals surface area contributed by atoms with Crippen LogP contribution in [0.2, 0.25) is 0 Å². The van der Waals surface area contributed by atoms with E-state index in [9.17, 15) is 9.59 Å². The van der Waals surface area contributed by atoms with E-state index in [1.54, 1.807) is 24.1 Å². The number of fused-ring (bicyclic) bond motifs is 1. The van der Waals surface area contributed by atoms with E-state index in [-0.39, 0.29) is 11.9 Å². The van der Waals surface area contributed by atoms with Crippen LogP contribution in [0.25, 0.3) is 0 Å². The highest BCUT2D eigenvalue weighted by atomic mass is 16.6. The van der Waals surface area contributed by atoms with Crippen LogP contribution in [0.3, 0.4) is 0 Å². The Kier molecular flexibility index (Phi) is 5.31. The number of methoxy groups -OCH3 is 1. The van der Waals surface area contributed by atoms with Crippen molar-refractivity contribution in [3.63, 3.8) is 0 Å². The summed E-state index contributed by atoms with van der Waals surface area (Å²) >= 11 is 0. The molecule has 0 bridgehead atoms. The van der Waals surface area contributed by atoms with Crippen molar-refractivity contribution in [2.24, 2.45) is 0 Å². The molecule has 1 aliphatic rings. The Balaban J connectivity index is 1.90.